The van der Waals surface area contributed by atoms with Gasteiger partial charge in [-0.15, -0.1) is 0 Å². The maximum atomic E-state index is 9.29. The van der Waals surface area contributed by atoms with E-state index in [0.717, 1.165) is 11.1 Å². The van der Waals surface area contributed by atoms with Crippen LogP contribution in [0.5, 0.6) is 5.75 Å². The summed E-state index contributed by atoms with van der Waals surface area (Å²) in [5, 5.41) is 17.0. The highest BCUT2D eigenvalue weighted by Gasteiger charge is 2.14. The fraction of sp³-hybridized carbons (Fsp3) is 0.0667. The number of aromatic nitrogens is 3. The number of phenolic OH excluding ortho intramolecular Hbond substituents is 1. The highest BCUT2D eigenvalue weighted by molar-refractivity contribution is 6.30. The van der Waals surface area contributed by atoms with Crippen molar-refractivity contribution in [1.82, 2.24) is 15.2 Å². The third kappa shape index (κ3) is 2.89. The smallest absolute Gasteiger partial charge is 0.181 e. The van der Waals surface area contributed by atoms with Gasteiger partial charge in [-0.1, -0.05) is 23.7 Å². The van der Waals surface area contributed by atoms with Crippen molar-refractivity contribution in [2.45, 2.75) is 6.04 Å². The second-order valence-corrected chi connectivity index (χ2v) is 5.06. The number of rotatable bonds is 3. The van der Waals surface area contributed by atoms with Crippen LogP contribution in [0.25, 0.3) is 11.4 Å². The minimum atomic E-state index is -0.402. The van der Waals surface area contributed by atoms with Crippen LogP contribution in [-0.2, 0) is 0 Å². The van der Waals surface area contributed by atoms with E-state index in [9.17, 15) is 5.11 Å². The van der Waals surface area contributed by atoms with Crippen molar-refractivity contribution < 1.29 is 5.11 Å². The molecule has 0 spiro atoms. The normalized spacial score (nSPS) is 12.3. The number of halogens is 1. The van der Waals surface area contributed by atoms with Gasteiger partial charge in [-0.3, -0.25) is 5.10 Å². The lowest BCUT2D eigenvalue weighted by atomic mass is 10.1. The fourth-order valence-electron chi connectivity index (χ4n) is 1.98. The molecule has 2 aromatic carbocycles. The molecule has 21 heavy (non-hydrogen) atoms. The van der Waals surface area contributed by atoms with Gasteiger partial charge in [-0.2, -0.15) is 5.10 Å². The molecule has 3 aromatic rings. The van der Waals surface area contributed by atoms with Gasteiger partial charge in [0, 0.05) is 10.6 Å². The quantitative estimate of drug-likeness (QED) is 0.694. The highest BCUT2D eigenvalue weighted by atomic mass is 35.5. The van der Waals surface area contributed by atoms with Crippen LogP contribution >= 0.6 is 11.6 Å². The Morgan fingerprint density at radius 3 is 2.38 bits per heavy atom. The number of phenols is 1. The van der Waals surface area contributed by atoms with Crippen molar-refractivity contribution in [3.05, 3.63) is 64.9 Å². The molecule has 6 heteroatoms. The van der Waals surface area contributed by atoms with E-state index in [1.807, 2.05) is 12.1 Å². The molecular formula is C15H13ClN4O. The van der Waals surface area contributed by atoms with E-state index < -0.39 is 6.04 Å². The van der Waals surface area contributed by atoms with Crippen LogP contribution in [0.3, 0.4) is 0 Å². The van der Waals surface area contributed by atoms with Crippen LogP contribution in [0, 0.1) is 0 Å². The Hall–Kier alpha value is -2.37. The molecule has 0 saturated heterocycles. The van der Waals surface area contributed by atoms with Crippen LogP contribution in [0.1, 0.15) is 17.4 Å². The van der Waals surface area contributed by atoms with Crippen LogP contribution in [-0.4, -0.2) is 20.3 Å². The number of nitrogens with zero attached hydrogens (tertiary/aromatic N) is 2. The fourth-order valence-corrected chi connectivity index (χ4v) is 2.11. The Kier molecular flexibility index (Phi) is 3.60. The Morgan fingerprint density at radius 2 is 1.71 bits per heavy atom. The molecule has 1 unspecified atom stereocenters. The third-order valence-corrected chi connectivity index (χ3v) is 3.40. The van der Waals surface area contributed by atoms with Gasteiger partial charge < -0.3 is 10.8 Å². The van der Waals surface area contributed by atoms with Gasteiger partial charge in [0.2, 0.25) is 0 Å². The molecular weight excluding hydrogens is 288 g/mol. The van der Waals surface area contributed by atoms with E-state index in [-0.39, 0.29) is 5.75 Å². The summed E-state index contributed by atoms with van der Waals surface area (Å²) in [6.07, 6.45) is 0. The monoisotopic (exact) mass is 300 g/mol. The SMILES string of the molecule is NC(c1ccc(Cl)cc1)c1nc(-c2ccc(O)cc2)n[nH]1. The van der Waals surface area contributed by atoms with Gasteiger partial charge >= 0.3 is 0 Å². The average molecular weight is 301 g/mol. The first-order valence-corrected chi connectivity index (χ1v) is 6.74. The summed E-state index contributed by atoms with van der Waals surface area (Å²) in [7, 11) is 0. The Morgan fingerprint density at radius 1 is 1.05 bits per heavy atom. The number of H-pyrrole nitrogens is 1. The van der Waals surface area contributed by atoms with E-state index in [4.69, 9.17) is 17.3 Å². The predicted octanol–water partition coefficient (Wildman–Crippen LogP) is 2.88. The Bertz CT molecular complexity index is 737. The summed E-state index contributed by atoms with van der Waals surface area (Å²) in [5.41, 5.74) is 7.87. The zero-order chi connectivity index (χ0) is 14.8. The standard InChI is InChI=1S/C15H13ClN4O/c16-11-5-1-9(2-6-11)13(17)15-18-14(19-20-15)10-3-7-12(21)8-4-10/h1-8,13,21H,17H2,(H,18,19,20). The Labute approximate surface area is 126 Å². The van der Waals surface area contributed by atoms with Crippen molar-refractivity contribution in [3.63, 3.8) is 0 Å². The summed E-state index contributed by atoms with van der Waals surface area (Å²) >= 11 is 5.86. The number of aromatic amines is 1. The number of hydrogen-bond acceptors (Lipinski definition) is 4. The van der Waals surface area contributed by atoms with Gasteiger partial charge in [0.1, 0.15) is 11.6 Å². The molecule has 5 nitrogen and oxygen atoms in total. The van der Waals surface area contributed by atoms with Gasteiger partial charge in [0.25, 0.3) is 0 Å². The van der Waals surface area contributed by atoms with Crippen molar-refractivity contribution in [1.29, 1.82) is 0 Å². The summed E-state index contributed by atoms with van der Waals surface area (Å²) in [6, 6.07) is 13.6. The lowest BCUT2D eigenvalue weighted by molar-refractivity contribution is 0.475. The van der Waals surface area contributed by atoms with Crippen molar-refractivity contribution >= 4 is 11.6 Å². The van der Waals surface area contributed by atoms with Gasteiger partial charge in [-0.25, -0.2) is 4.98 Å². The predicted molar refractivity (Wildman–Crippen MR) is 81.0 cm³/mol. The number of hydrogen-bond donors (Lipinski definition) is 3. The largest absolute Gasteiger partial charge is 0.508 e. The lowest BCUT2D eigenvalue weighted by Gasteiger charge is -2.08. The molecule has 0 aliphatic heterocycles. The number of nitrogens with two attached hydrogens (primary N) is 1. The summed E-state index contributed by atoms with van der Waals surface area (Å²) in [4.78, 5) is 4.40. The molecule has 0 bridgehead atoms. The minimum Gasteiger partial charge on any atom is -0.508 e. The van der Waals surface area contributed by atoms with E-state index in [0.29, 0.717) is 16.7 Å². The molecule has 3 rings (SSSR count). The number of nitrogens with one attached hydrogen (secondary N) is 1. The molecule has 0 aliphatic rings. The average Bonchev–Trinajstić information content (AvgIpc) is 2.98. The van der Waals surface area contributed by atoms with E-state index in [2.05, 4.69) is 15.2 Å². The van der Waals surface area contributed by atoms with Crippen LogP contribution < -0.4 is 5.73 Å². The zero-order valence-electron chi connectivity index (χ0n) is 11.0. The van der Waals surface area contributed by atoms with Gasteiger partial charge in [0.05, 0.1) is 6.04 Å². The third-order valence-electron chi connectivity index (χ3n) is 3.15. The number of benzene rings is 2. The Balaban J connectivity index is 1.87. The van der Waals surface area contributed by atoms with Gasteiger partial charge in [-0.05, 0) is 42.0 Å². The molecule has 0 amide bonds. The molecule has 1 aromatic heterocycles. The minimum absolute atomic E-state index is 0.201. The summed E-state index contributed by atoms with van der Waals surface area (Å²) in [5.74, 6) is 1.31. The molecule has 1 atom stereocenters. The maximum Gasteiger partial charge on any atom is 0.181 e. The van der Waals surface area contributed by atoms with E-state index in [1.165, 1.54) is 0 Å². The first-order valence-electron chi connectivity index (χ1n) is 6.36. The molecule has 1 heterocycles. The number of aromatic hydroxyl groups is 1. The van der Waals surface area contributed by atoms with E-state index >= 15 is 0 Å². The maximum absolute atomic E-state index is 9.29. The zero-order valence-corrected chi connectivity index (χ0v) is 11.7. The molecule has 106 valence electrons. The second kappa shape index (κ2) is 5.55. The van der Waals surface area contributed by atoms with Crippen molar-refractivity contribution in [3.8, 4) is 17.1 Å². The first kappa shape index (κ1) is 13.6. The topological polar surface area (TPSA) is 87.8 Å². The highest BCUT2D eigenvalue weighted by Crippen LogP contribution is 2.22. The van der Waals surface area contributed by atoms with Crippen LogP contribution in [0.2, 0.25) is 5.02 Å². The molecule has 0 aliphatic carbocycles. The van der Waals surface area contributed by atoms with Crippen molar-refractivity contribution in [2.24, 2.45) is 5.73 Å². The molecule has 0 saturated carbocycles. The van der Waals surface area contributed by atoms with E-state index in [1.54, 1.807) is 36.4 Å². The summed E-state index contributed by atoms with van der Waals surface area (Å²) in [6.45, 7) is 0. The lowest BCUT2D eigenvalue weighted by Crippen LogP contribution is -2.13. The van der Waals surface area contributed by atoms with Crippen molar-refractivity contribution in [2.75, 3.05) is 0 Å². The molecule has 4 N–H and O–H groups in total. The second-order valence-electron chi connectivity index (χ2n) is 4.62. The first-order chi connectivity index (χ1) is 10.1. The van der Waals surface area contributed by atoms with Crippen LogP contribution in [0.4, 0.5) is 0 Å². The van der Waals surface area contributed by atoms with Gasteiger partial charge in [0.15, 0.2) is 5.82 Å². The molecule has 0 radical (unpaired) electrons. The molecule has 0 fully saturated rings. The summed E-state index contributed by atoms with van der Waals surface area (Å²) < 4.78 is 0. The van der Waals surface area contributed by atoms with Crippen LogP contribution in [0.15, 0.2) is 48.5 Å².